The van der Waals surface area contributed by atoms with Crippen LogP contribution in [0.2, 0.25) is 0 Å². The van der Waals surface area contributed by atoms with Crippen LogP contribution >= 0.6 is 0 Å². The summed E-state index contributed by atoms with van der Waals surface area (Å²) in [5, 5.41) is 29.6. The second-order valence-electron chi connectivity index (χ2n) is 6.10. The number of aromatic nitrogens is 2. The third-order valence-corrected chi connectivity index (χ3v) is 4.27. The normalized spacial score (nSPS) is 10.9. The SMILES string of the molecule is O=C(NCCCCc1n[nH]c2c(F)c(F)c([N+](=O)[O-])cc12)c1ccccc1O. The molecule has 0 aliphatic rings. The Labute approximate surface area is 157 Å². The number of aromatic hydroxyl groups is 1. The average molecular weight is 390 g/mol. The van der Waals surface area contributed by atoms with E-state index in [1.807, 2.05) is 0 Å². The summed E-state index contributed by atoms with van der Waals surface area (Å²) in [6, 6.07) is 7.13. The number of phenolic OH excluding ortho intramolecular Hbond substituents is 1. The van der Waals surface area contributed by atoms with Gasteiger partial charge in [-0.1, -0.05) is 12.1 Å². The van der Waals surface area contributed by atoms with Crippen LogP contribution in [0.1, 0.15) is 28.9 Å². The van der Waals surface area contributed by atoms with Gasteiger partial charge in [0.1, 0.15) is 11.3 Å². The summed E-state index contributed by atoms with van der Waals surface area (Å²) in [5.41, 5.74) is -0.608. The lowest BCUT2D eigenvalue weighted by atomic mass is 10.1. The molecule has 0 saturated heterocycles. The fourth-order valence-electron chi connectivity index (χ4n) is 2.84. The maximum Gasteiger partial charge on any atom is 0.308 e. The first-order valence-electron chi connectivity index (χ1n) is 8.45. The molecule has 0 aliphatic carbocycles. The number of phenols is 1. The summed E-state index contributed by atoms with van der Waals surface area (Å²) in [6.45, 7) is 0.332. The number of carbonyl (C=O) groups excluding carboxylic acids is 1. The fourth-order valence-corrected chi connectivity index (χ4v) is 2.84. The van der Waals surface area contributed by atoms with E-state index in [0.29, 0.717) is 31.5 Å². The largest absolute Gasteiger partial charge is 0.507 e. The Kier molecular flexibility index (Phi) is 5.48. The van der Waals surface area contributed by atoms with Gasteiger partial charge in [-0.3, -0.25) is 20.0 Å². The van der Waals surface area contributed by atoms with Crippen molar-refractivity contribution in [3.63, 3.8) is 0 Å². The van der Waals surface area contributed by atoms with E-state index in [1.54, 1.807) is 12.1 Å². The van der Waals surface area contributed by atoms with Crippen molar-refractivity contribution in [2.75, 3.05) is 6.54 Å². The number of halogens is 2. The van der Waals surface area contributed by atoms with Crippen molar-refractivity contribution < 1.29 is 23.6 Å². The van der Waals surface area contributed by atoms with Crippen LogP contribution in [0.15, 0.2) is 30.3 Å². The molecule has 8 nitrogen and oxygen atoms in total. The molecule has 1 aromatic heterocycles. The number of nitrogens with zero attached hydrogens (tertiary/aromatic N) is 2. The van der Waals surface area contributed by atoms with Crippen LogP contribution < -0.4 is 5.32 Å². The van der Waals surface area contributed by atoms with E-state index in [1.165, 1.54) is 12.1 Å². The summed E-state index contributed by atoms with van der Waals surface area (Å²) in [7, 11) is 0. The highest BCUT2D eigenvalue weighted by Crippen LogP contribution is 2.29. The van der Waals surface area contributed by atoms with Crippen LogP contribution in [0.5, 0.6) is 5.75 Å². The molecule has 3 N–H and O–H groups in total. The number of fused-ring (bicyclic) bond motifs is 1. The third kappa shape index (κ3) is 3.75. The molecule has 0 spiro atoms. The lowest BCUT2D eigenvalue weighted by Gasteiger charge is -2.06. The van der Waals surface area contributed by atoms with Crippen molar-refractivity contribution in [1.82, 2.24) is 15.5 Å². The lowest BCUT2D eigenvalue weighted by molar-refractivity contribution is -0.387. The Balaban J connectivity index is 1.60. The average Bonchev–Trinajstić information content (AvgIpc) is 3.07. The van der Waals surface area contributed by atoms with Gasteiger partial charge >= 0.3 is 5.69 Å². The van der Waals surface area contributed by atoms with Crippen LogP contribution in [-0.2, 0) is 6.42 Å². The summed E-state index contributed by atoms with van der Waals surface area (Å²) in [4.78, 5) is 21.9. The molecule has 1 heterocycles. The molecule has 0 atom stereocenters. The predicted molar refractivity (Wildman–Crippen MR) is 96.0 cm³/mol. The molecule has 3 rings (SSSR count). The molecule has 0 unspecified atom stereocenters. The minimum Gasteiger partial charge on any atom is -0.507 e. The zero-order valence-corrected chi connectivity index (χ0v) is 14.5. The molecular weight excluding hydrogens is 374 g/mol. The summed E-state index contributed by atoms with van der Waals surface area (Å²) in [6.07, 6.45) is 1.46. The Hall–Kier alpha value is -3.56. The molecular formula is C18H16F2N4O4. The van der Waals surface area contributed by atoms with Crippen molar-refractivity contribution in [2.24, 2.45) is 0 Å². The van der Waals surface area contributed by atoms with Crippen LogP contribution in [-0.4, -0.2) is 32.7 Å². The predicted octanol–water partition coefficient (Wildman–Crippen LogP) is 3.21. The fraction of sp³-hybridized carbons (Fsp3) is 0.222. The minimum atomic E-state index is -1.53. The number of para-hydroxylation sites is 1. The van der Waals surface area contributed by atoms with Gasteiger partial charge < -0.3 is 10.4 Å². The number of hydrogen-bond acceptors (Lipinski definition) is 5. The highest BCUT2D eigenvalue weighted by atomic mass is 19.2. The molecule has 28 heavy (non-hydrogen) atoms. The molecule has 3 aromatic rings. The van der Waals surface area contributed by atoms with Crippen LogP contribution in [0.25, 0.3) is 10.9 Å². The van der Waals surface area contributed by atoms with E-state index in [2.05, 4.69) is 15.5 Å². The second kappa shape index (κ2) is 7.99. The van der Waals surface area contributed by atoms with Gasteiger partial charge in [0.15, 0.2) is 5.82 Å². The zero-order valence-electron chi connectivity index (χ0n) is 14.5. The Bertz CT molecular complexity index is 1050. The van der Waals surface area contributed by atoms with E-state index >= 15 is 0 Å². The summed E-state index contributed by atoms with van der Waals surface area (Å²) < 4.78 is 27.6. The molecule has 0 radical (unpaired) electrons. The standard InChI is InChI=1S/C18H16F2N4O4/c19-15-13(24(27)28)9-11-12(22-23-17(11)16(15)20)6-3-4-8-21-18(26)10-5-1-2-7-14(10)25/h1-2,5,7,9,25H,3-4,6,8H2,(H,21,26)(H,22,23). The van der Waals surface area contributed by atoms with Crippen LogP contribution in [0.4, 0.5) is 14.5 Å². The number of aryl methyl sites for hydroxylation is 1. The first kappa shape index (κ1) is 19.2. The van der Waals surface area contributed by atoms with E-state index in [4.69, 9.17) is 0 Å². The van der Waals surface area contributed by atoms with Crippen LogP contribution in [0.3, 0.4) is 0 Å². The van der Waals surface area contributed by atoms with Gasteiger partial charge in [-0.05, 0) is 31.4 Å². The number of amides is 1. The number of nitro benzene ring substituents is 1. The first-order chi connectivity index (χ1) is 13.4. The third-order valence-electron chi connectivity index (χ3n) is 4.27. The van der Waals surface area contributed by atoms with E-state index in [0.717, 1.165) is 6.07 Å². The van der Waals surface area contributed by atoms with Crippen molar-refractivity contribution in [3.8, 4) is 5.75 Å². The number of hydrogen-bond donors (Lipinski definition) is 3. The number of rotatable bonds is 7. The van der Waals surface area contributed by atoms with E-state index in [-0.39, 0.29) is 22.2 Å². The number of nitro groups is 1. The highest BCUT2D eigenvalue weighted by molar-refractivity contribution is 5.96. The number of unbranched alkanes of at least 4 members (excludes halogenated alkanes) is 1. The first-order valence-corrected chi connectivity index (χ1v) is 8.45. The van der Waals surface area contributed by atoms with Crippen molar-refractivity contribution in [3.05, 3.63) is 63.3 Å². The monoisotopic (exact) mass is 390 g/mol. The topological polar surface area (TPSA) is 121 Å². The van der Waals surface area contributed by atoms with E-state index in [9.17, 15) is 28.8 Å². The highest BCUT2D eigenvalue weighted by Gasteiger charge is 2.24. The number of benzene rings is 2. The maximum absolute atomic E-state index is 13.9. The van der Waals surface area contributed by atoms with Crippen molar-refractivity contribution in [2.45, 2.75) is 19.3 Å². The van der Waals surface area contributed by atoms with Crippen molar-refractivity contribution in [1.29, 1.82) is 0 Å². The van der Waals surface area contributed by atoms with E-state index < -0.39 is 28.2 Å². The minimum absolute atomic E-state index is 0.112. The van der Waals surface area contributed by atoms with Crippen LogP contribution in [0, 0.1) is 21.7 Å². The Morgan fingerprint density at radius 3 is 2.71 bits per heavy atom. The number of nitrogens with one attached hydrogen (secondary N) is 2. The molecule has 0 aliphatic heterocycles. The lowest BCUT2D eigenvalue weighted by Crippen LogP contribution is -2.24. The van der Waals surface area contributed by atoms with Gasteiger partial charge in [0.2, 0.25) is 5.82 Å². The van der Waals surface area contributed by atoms with Gasteiger partial charge in [0, 0.05) is 18.0 Å². The summed E-state index contributed by atoms with van der Waals surface area (Å²) >= 11 is 0. The van der Waals surface area contributed by atoms with Crippen molar-refractivity contribution >= 4 is 22.5 Å². The van der Waals surface area contributed by atoms with Gasteiger partial charge in [-0.2, -0.15) is 9.49 Å². The molecule has 0 bridgehead atoms. The molecule has 1 amide bonds. The smallest absolute Gasteiger partial charge is 0.308 e. The molecule has 0 saturated carbocycles. The second-order valence-corrected chi connectivity index (χ2v) is 6.10. The molecule has 10 heteroatoms. The molecule has 0 fully saturated rings. The number of aromatic amines is 1. The van der Waals surface area contributed by atoms with Gasteiger partial charge in [-0.15, -0.1) is 0 Å². The van der Waals surface area contributed by atoms with Gasteiger partial charge in [-0.25, -0.2) is 4.39 Å². The quantitative estimate of drug-likeness (QED) is 0.325. The zero-order chi connectivity index (χ0) is 20.3. The summed E-state index contributed by atoms with van der Waals surface area (Å²) in [5.74, 6) is -3.38. The maximum atomic E-state index is 13.9. The number of H-pyrrole nitrogens is 1. The van der Waals surface area contributed by atoms with Gasteiger partial charge in [0.05, 0.1) is 16.2 Å². The Morgan fingerprint density at radius 2 is 2.00 bits per heavy atom. The Morgan fingerprint density at radius 1 is 1.25 bits per heavy atom. The molecule has 146 valence electrons. The van der Waals surface area contributed by atoms with Gasteiger partial charge in [0.25, 0.3) is 5.91 Å². The molecule has 2 aromatic carbocycles. The number of carbonyl (C=O) groups is 1.